The number of carbonyl (C=O) groups excluding carboxylic acids is 1. The molecule has 5 heteroatoms. The first-order valence-electron chi connectivity index (χ1n) is 7.02. The van der Waals surface area contributed by atoms with Crippen LogP contribution in [-0.2, 0) is 4.79 Å². The molecular formula is C15H21NO4. The highest BCUT2D eigenvalue weighted by Gasteiger charge is 2.18. The first kappa shape index (κ1) is 16.1. The molecule has 0 radical (unpaired) electrons. The lowest BCUT2D eigenvalue weighted by molar-refractivity contribution is -0.524. The largest absolute Gasteiger partial charge is 0.427 e. The monoisotopic (exact) mass is 279 g/mol. The van der Waals surface area contributed by atoms with Gasteiger partial charge in [0.25, 0.3) is 0 Å². The summed E-state index contributed by atoms with van der Waals surface area (Å²) >= 11 is 0. The molecule has 1 aromatic rings. The summed E-state index contributed by atoms with van der Waals surface area (Å²) in [6.45, 7) is 1.94. The predicted molar refractivity (Wildman–Crippen MR) is 76.2 cm³/mol. The van der Waals surface area contributed by atoms with E-state index >= 15 is 0 Å². The fraction of sp³-hybridized carbons (Fsp3) is 0.533. The SMILES string of the molecule is CCCC(CCCCC(=O)Oc1ccccc1)[N+](=O)[O-]. The molecule has 0 aromatic heterocycles. The standard InChI is InChI=1S/C15H21NO4/c1-2-8-13(16(18)19)9-6-7-12-15(17)20-14-10-4-3-5-11-14/h3-5,10-11,13H,2,6-9,12H2,1H3. The minimum atomic E-state index is -0.481. The summed E-state index contributed by atoms with van der Waals surface area (Å²) in [4.78, 5) is 22.1. The molecule has 1 atom stereocenters. The summed E-state index contributed by atoms with van der Waals surface area (Å²) in [6, 6.07) is 8.42. The fourth-order valence-electron chi connectivity index (χ4n) is 2.01. The lowest BCUT2D eigenvalue weighted by Gasteiger charge is -2.08. The number of carbonyl (C=O) groups is 1. The lowest BCUT2D eigenvalue weighted by atomic mass is 10.0. The van der Waals surface area contributed by atoms with Crippen LogP contribution in [0.3, 0.4) is 0 Å². The Hall–Kier alpha value is -1.91. The second kappa shape index (κ2) is 9.07. The zero-order valence-electron chi connectivity index (χ0n) is 11.8. The third-order valence-electron chi connectivity index (χ3n) is 3.06. The van der Waals surface area contributed by atoms with Crippen LogP contribution in [-0.4, -0.2) is 16.9 Å². The molecule has 0 fully saturated rings. The van der Waals surface area contributed by atoms with Crippen molar-refractivity contribution in [1.29, 1.82) is 0 Å². The number of hydrogen-bond donors (Lipinski definition) is 0. The maximum absolute atomic E-state index is 11.6. The van der Waals surface area contributed by atoms with Crippen LogP contribution in [0.2, 0.25) is 0 Å². The van der Waals surface area contributed by atoms with Gasteiger partial charge in [0.15, 0.2) is 0 Å². The number of esters is 1. The van der Waals surface area contributed by atoms with Crippen LogP contribution < -0.4 is 4.74 Å². The van der Waals surface area contributed by atoms with Gasteiger partial charge >= 0.3 is 5.97 Å². The number of unbranched alkanes of at least 4 members (excludes halogenated alkanes) is 1. The molecule has 0 heterocycles. The van der Waals surface area contributed by atoms with E-state index in [1.54, 1.807) is 24.3 Å². The van der Waals surface area contributed by atoms with Crippen molar-refractivity contribution in [1.82, 2.24) is 0 Å². The molecule has 0 N–H and O–H groups in total. The first-order valence-corrected chi connectivity index (χ1v) is 7.02. The summed E-state index contributed by atoms with van der Waals surface area (Å²) in [5.41, 5.74) is 0. The highest BCUT2D eigenvalue weighted by molar-refractivity contribution is 5.72. The van der Waals surface area contributed by atoms with Crippen molar-refractivity contribution in [2.24, 2.45) is 0 Å². The average Bonchev–Trinajstić information content (AvgIpc) is 2.43. The van der Waals surface area contributed by atoms with Gasteiger partial charge in [-0.3, -0.25) is 14.9 Å². The summed E-state index contributed by atoms with van der Waals surface area (Å²) in [7, 11) is 0. The van der Waals surface area contributed by atoms with Gasteiger partial charge in [-0.05, 0) is 31.4 Å². The third-order valence-corrected chi connectivity index (χ3v) is 3.06. The molecule has 110 valence electrons. The van der Waals surface area contributed by atoms with Gasteiger partial charge in [0.05, 0.1) is 0 Å². The van der Waals surface area contributed by atoms with Gasteiger partial charge in [0, 0.05) is 24.2 Å². The topological polar surface area (TPSA) is 69.4 Å². The fourth-order valence-corrected chi connectivity index (χ4v) is 2.01. The molecule has 0 bridgehead atoms. The Kier molecular flexibility index (Phi) is 7.32. The number of nitro groups is 1. The lowest BCUT2D eigenvalue weighted by Crippen LogP contribution is -2.19. The van der Waals surface area contributed by atoms with Crippen molar-refractivity contribution in [3.63, 3.8) is 0 Å². The minimum absolute atomic E-state index is 0.216. The van der Waals surface area contributed by atoms with Gasteiger partial charge < -0.3 is 4.74 Å². The molecule has 1 unspecified atom stereocenters. The van der Waals surface area contributed by atoms with Gasteiger partial charge in [0.2, 0.25) is 6.04 Å². The van der Waals surface area contributed by atoms with Crippen molar-refractivity contribution >= 4 is 5.97 Å². The number of benzene rings is 1. The summed E-state index contributed by atoms with van der Waals surface area (Å²) in [6.07, 6.45) is 3.53. The molecule has 0 aliphatic rings. The highest BCUT2D eigenvalue weighted by atomic mass is 16.6. The summed E-state index contributed by atoms with van der Waals surface area (Å²) in [5.74, 6) is 0.246. The van der Waals surface area contributed by atoms with Gasteiger partial charge in [0.1, 0.15) is 5.75 Å². The highest BCUT2D eigenvalue weighted by Crippen LogP contribution is 2.13. The number of nitrogens with zero attached hydrogens (tertiary/aromatic N) is 1. The maximum Gasteiger partial charge on any atom is 0.311 e. The molecule has 0 saturated carbocycles. The minimum Gasteiger partial charge on any atom is -0.427 e. The Balaban J connectivity index is 2.20. The maximum atomic E-state index is 11.6. The third kappa shape index (κ3) is 6.31. The van der Waals surface area contributed by atoms with Crippen LogP contribution in [0.25, 0.3) is 0 Å². The van der Waals surface area contributed by atoms with Gasteiger partial charge in [-0.2, -0.15) is 0 Å². The van der Waals surface area contributed by atoms with Crippen LogP contribution >= 0.6 is 0 Å². The van der Waals surface area contributed by atoms with E-state index in [4.69, 9.17) is 4.74 Å². The number of hydrogen-bond acceptors (Lipinski definition) is 4. The predicted octanol–water partition coefficient (Wildman–Crippen LogP) is 3.60. The quantitative estimate of drug-likeness (QED) is 0.228. The normalized spacial score (nSPS) is 11.8. The number of para-hydroxylation sites is 1. The van der Waals surface area contributed by atoms with E-state index in [1.165, 1.54) is 0 Å². The van der Waals surface area contributed by atoms with Gasteiger partial charge in [-0.15, -0.1) is 0 Å². The van der Waals surface area contributed by atoms with Gasteiger partial charge in [-0.25, -0.2) is 0 Å². The van der Waals surface area contributed by atoms with E-state index in [0.717, 1.165) is 6.42 Å². The van der Waals surface area contributed by atoms with E-state index in [1.807, 2.05) is 13.0 Å². The van der Waals surface area contributed by atoms with Crippen molar-refractivity contribution in [3.05, 3.63) is 40.4 Å². The Morgan fingerprint density at radius 3 is 2.55 bits per heavy atom. The summed E-state index contributed by atoms with van der Waals surface area (Å²) in [5, 5.41) is 10.8. The average molecular weight is 279 g/mol. The van der Waals surface area contributed by atoms with Crippen molar-refractivity contribution in [3.8, 4) is 5.75 Å². The van der Waals surface area contributed by atoms with Crippen molar-refractivity contribution in [2.75, 3.05) is 0 Å². The molecule has 0 spiro atoms. The molecule has 0 amide bonds. The molecule has 1 rings (SSSR count). The number of ether oxygens (including phenoxy) is 1. The molecular weight excluding hydrogens is 258 g/mol. The Morgan fingerprint density at radius 2 is 1.95 bits per heavy atom. The Morgan fingerprint density at radius 1 is 1.25 bits per heavy atom. The van der Waals surface area contributed by atoms with Crippen LogP contribution in [0.15, 0.2) is 30.3 Å². The van der Waals surface area contributed by atoms with Gasteiger partial charge in [-0.1, -0.05) is 25.1 Å². The van der Waals surface area contributed by atoms with Crippen molar-refractivity contribution in [2.45, 2.75) is 51.5 Å². The van der Waals surface area contributed by atoms with E-state index < -0.39 is 6.04 Å². The van der Waals surface area contributed by atoms with Crippen LogP contribution in [0, 0.1) is 10.1 Å². The van der Waals surface area contributed by atoms with Crippen LogP contribution in [0.4, 0.5) is 0 Å². The van der Waals surface area contributed by atoms with Crippen LogP contribution in [0.1, 0.15) is 45.4 Å². The number of rotatable bonds is 9. The smallest absolute Gasteiger partial charge is 0.311 e. The van der Waals surface area contributed by atoms with E-state index in [9.17, 15) is 14.9 Å². The van der Waals surface area contributed by atoms with Crippen molar-refractivity contribution < 1.29 is 14.5 Å². The zero-order valence-corrected chi connectivity index (χ0v) is 11.8. The van der Waals surface area contributed by atoms with E-state index in [0.29, 0.717) is 37.9 Å². The zero-order chi connectivity index (χ0) is 14.8. The molecule has 0 aliphatic heterocycles. The molecule has 0 aliphatic carbocycles. The summed E-state index contributed by atoms with van der Waals surface area (Å²) < 4.78 is 5.14. The Bertz CT molecular complexity index is 419. The Labute approximate surface area is 119 Å². The van der Waals surface area contributed by atoms with Crippen LogP contribution in [0.5, 0.6) is 5.75 Å². The molecule has 1 aromatic carbocycles. The second-order valence-electron chi connectivity index (χ2n) is 4.76. The van der Waals surface area contributed by atoms with E-state index in [-0.39, 0.29) is 10.9 Å². The molecule has 20 heavy (non-hydrogen) atoms. The van der Waals surface area contributed by atoms with E-state index in [2.05, 4.69) is 0 Å². The molecule has 0 saturated heterocycles. The second-order valence-corrected chi connectivity index (χ2v) is 4.76. The molecule has 5 nitrogen and oxygen atoms in total. The first-order chi connectivity index (χ1) is 9.63.